The van der Waals surface area contributed by atoms with Crippen LogP contribution in [0.3, 0.4) is 0 Å². The molecule has 4 nitrogen and oxygen atoms in total. The van der Waals surface area contributed by atoms with Crippen molar-refractivity contribution in [3.8, 4) is 0 Å². The summed E-state index contributed by atoms with van der Waals surface area (Å²) in [5.74, 6) is 0.577. The Morgan fingerprint density at radius 1 is 1.25 bits per heavy atom. The van der Waals surface area contributed by atoms with E-state index in [1.807, 2.05) is 0 Å². The fourth-order valence-corrected chi connectivity index (χ4v) is 2.03. The van der Waals surface area contributed by atoms with Gasteiger partial charge >= 0.3 is 0 Å². The van der Waals surface area contributed by atoms with Crippen molar-refractivity contribution in [2.75, 3.05) is 33.4 Å². The molecule has 0 saturated carbocycles. The van der Waals surface area contributed by atoms with E-state index in [1.165, 1.54) is 0 Å². The SMILES string of the molecule is CCNCCCCCC(=O)NCC(C)C(C)(C)COC. The molecule has 1 atom stereocenters. The van der Waals surface area contributed by atoms with Gasteiger partial charge in [0.05, 0.1) is 6.61 Å². The normalized spacial score (nSPS) is 13.2. The van der Waals surface area contributed by atoms with Gasteiger partial charge in [0, 0.05) is 20.1 Å². The van der Waals surface area contributed by atoms with Crippen LogP contribution in [-0.2, 0) is 9.53 Å². The summed E-state index contributed by atoms with van der Waals surface area (Å²) >= 11 is 0. The van der Waals surface area contributed by atoms with Crippen LogP contribution in [0.2, 0.25) is 0 Å². The summed E-state index contributed by atoms with van der Waals surface area (Å²) in [4.78, 5) is 11.8. The summed E-state index contributed by atoms with van der Waals surface area (Å²) in [6.07, 6.45) is 3.89. The standard InChI is InChI=1S/C16H34N2O2/c1-6-17-11-9-7-8-10-15(19)18-12-14(2)16(3,4)13-20-5/h14,17H,6-13H2,1-5H3,(H,18,19). The first-order chi connectivity index (χ1) is 9.44. The van der Waals surface area contributed by atoms with Crippen LogP contribution >= 0.6 is 0 Å². The summed E-state index contributed by atoms with van der Waals surface area (Å²) in [6.45, 7) is 12.1. The number of hydrogen-bond donors (Lipinski definition) is 2. The summed E-state index contributed by atoms with van der Waals surface area (Å²) in [5, 5.41) is 6.33. The first-order valence-electron chi connectivity index (χ1n) is 7.90. The second-order valence-corrected chi connectivity index (χ2v) is 6.29. The number of carbonyl (C=O) groups is 1. The van der Waals surface area contributed by atoms with Crippen LogP contribution < -0.4 is 10.6 Å². The molecule has 0 radical (unpaired) electrons. The third-order valence-electron chi connectivity index (χ3n) is 3.96. The lowest BCUT2D eigenvalue weighted by atomic mass is 9.80. The first kappa shape index (κ1) is 19.4. The minimum atomic E-state index is 0.0911. The highest BCUT2D eigenvalue weighted by atomic mass is 16.5. The van der Waals surface area contributed by atoms with E-state index in [0.717, 1.165) is 38.9 Å². The Hall–Kier alpha value is -0.610. The largest absolute Gasteiger partial charge is 0.384 e. The third-order valence-corrected chi connectivity index (χ3v) is 3.96. The molecule has 0 heterocycles. The Bertz CT molecular complexity index is 255. The van der Waals surface area contributed by atoms with Gasteiger partial charge < -0.3 is 15.4 Å². The molecule has 4 heteroatoms. The lowest BCUT2D eigenvalue weighted by Gasteiger charge is -2.31. The van der Waals surface area contributed by atoms with Crippen molar-refractivity contribution in [3.05, 3.63) is 0 Å². The fraction of sp³-hybridized carbons (Fsp3) is 0.938. The lowest BCUT2D eigenvalue weighted by Crippen LogP contribution is -2.37. The van der Waals surface area contributed by atoms with Gasteiger partial charge in [0.1, 0.15) is 0 Å². The first-order valence-corrected chi connectivity index (χ1v) is 7.90. The second kappa shape index (κ2) is 11.1. The molecule has 0 rings (SSSR count). The summed E-state index contributed by atoms with van der Waals surface area (Å²) in [6, 6.07) is 0. The van der Waals surface area contributed by atoms with Crippen LogP contribution in [-0.4, -0.2) is 39.3 Å². The number of amides is 1. The molecule has 0 saturated heterocycles. The summed E-state index contributed by atoms with van der Waals surface area (Å²) in [5.41, 5.74) is 0.0911. The average Bonchev–Trinajstić information content (AvgIpc) is 2.39. The molecule has 20 heavy (non-hydrogen) atoms. The van der Waals surface area contributed by atoms with Gasteiger partial charge in [0.2, 0.25) is 5.91 Å². The Balaban J connectivity index is 3.67. The topological polar surface area (TPSA) is 50.4 Å². The molecule has 0 aromatic heterocycles. The molecule has 0 aromatic rings. The minimum absolute atomic E-state index is 0.0911. The molecule has 1 unspecified atom stereocenters. The highest BCUT2D eigenvalue weighted by Crippen LogP contribution is 2.25. The zero-order valence-corrected chi connectivity index (χ0v) is 14.1. The Kier molecular flexibility index (Phi) is 10.8. The van der Waals surface area contributed by atoms with Crippen molar-refractivity contribution in [2.45, 2.75) is 53.4 Å². The summed E-state index contributed by atoms with van der Waals surface area (Å²) in [7, 11) is 1.72. The van der Waals surface area contributed by atoms with E-state index in [1.54, 1.807) is 7.11 Å². The van der Waals surface area contributed by atoms with Gasteiger partial charge in [-0.15, -0.1) is 0 Å². The third kappa shape index (κ3) is 9.32. The lowest BCUT2D eigenvalue weighted by molar-refractivity contribution is -0.121. The van der Waals surface area contributed by atoms with Gasteiger partial charge in [-0.3, -0.25) is 4.79 Å². The molecule has 0 aliphatic rings. The van der Waals surface area contributed by atoms with Crippen LogP contribution in [0.4, 0.5) is 0 Å². The summed E-state index contributed by atoms with van der Waals surface area (Å²) < 4.78 is 5.23. The van der Waals surface area contributed by atoms with Crippen LogP contribution in [0.1, 0.15) is 53.4 Å². The number of ether oxygens (including phenoxy) is 1. The van der Waals surface area contributed by atoms with Gasteiger partial charge in [-0.2, -0.15) is 0 Å². The molecule has 2 N–H and O–H groups in total. The van der Waals surface area contributed by atoms with E-state index in [-0.39, 0.29) is 11.3 Å². The molecule has 120 valence electrons. The molecule has 1 amide bonds. The monoisotopic (exact) mass is 286 g/mol. The average molecular weight is 286 g/mol. The van der Waals surface area contributed by atoms with Crippen molar-refractivity contribution >= 4 is 5.91 Å². The minimum Gasteiger partial charge on any atom is -0.384 e. The Labute approximate surface area is 125 Å². The van der Waals surface area contributed by atoms with Gasteiger partial charge in [-0.1, -0.05) is 34.1 Å². The fourth-order valence-electron chi connectivity index (χ4n) is 2.03. The van der Waals surface area contributed by atoms with E-state index in [0.29, 0.717) is 18.9 Å². The van der Waals surface area contributed by atoms with Crippen molar-refractivity contribution in [2.24, 2.45) is 11.3 Å². The van der Waals surface area contributed by atoms with E-state index >= 15 is 0 Å². The van der Waals surface area contributed by atoms with Crippen molar-refractivity contribution < 1.29 is 9.53 Å². The van der Waals surface area contributed by atoms with Crippen LogP contribution in [0.25, 0.3) is 0 Å². The van der Waals surface area contributed by atoms with Crippen molar-refractivity contribution in [1.82, 2.24) is 10.6 Å². The predicted molar refractivity (Wildman–Crippen MR) is 84.8 cm³/mol. The van der Waals surface area contributed by atoms with E-state index in [2.05, 4.69) is 38.3 Å². The maximum absolute atomic E-state index is 11.8. The zero-order valence-electron chi connectivity index (χ0n) is 14.1. The van der Waals surface area contributed by atoms with Gasteiger partial charge in [0.25, 0.3) is 0 Å². The van der Waals surface area contributed by atoms with Crippen LogP contribution in [0.15, 0.2) is 0 Å². The van der Waals surface area contributed by atoms with Gasteiger partial charge in [0.15, 0.2) is 0 Å². The van der Waals surface area contributed by atoms with Gasteiger partial charge in [-0.25, -0.2) is 0 Å². The molecule has 0 bridgehead atoms. The smallest absolute Gasteiger partial charge is 0.220 e. The highest BCUT2D eigenvalue weighted by molar-refractivity contribution is 5.75. The Morgan fingerprint density at radius 3 is 2.55 bits per heavy atom. The van der Waals surface area contributed by atoms with Gasteiger partial charge in [-0.05, 0) is 37.3 Å². The van der Waals surface area contributed by atoms with E-state index in [4.69, 9.17) is 4.74 Å². The maximum Gasteiger partial charge on any atom is 0.220 e. The van der Waals surface area contributed by atoms with Crippen LogP contribution in [0.5, 0.6) is 0 Å². The molecule has 0 aromatic carbocycles. The number of nitrogens with one attached hydrogen (secondary N) is 2. The Morgan fingerprint density at radius 2 is 1.95 bits per heavy atom. The van der Waals surface area contributed by atoms with E-state index in [9.17, 15) is 4.79 Å². The van der Waals surface area contributed by atoms with Crippen LogP contribution in [0, 0.1) is 11.3 Å². The van der Waals surface area contributed by atoms with Crippen molar-refractivity contribution in [3.63, 3.8) is 0 Å². The molecule has 0 fully saturated rings. The molecule has 0 spiro atoms. The zero-order chi connectivity index (χ0) is 15.4. The number of rotatable bonds is 12. The molecule has 0 aliphatic heterocycles. The van der Waals surface area contributed by atoms with Crippen molar-refractivity contribution in [1.29, 1.82) is 0 Å². The number of carbonyl (C=O) groups excluding carboxylic acids is 1. The molecule has 0 aliphatic carbocycles. The number of unbranched alkanes of at least 4 members (excludes halogenated alkanes) is 2. The van der Waals surface area contributed by atoms with E-state index < -0.39 is 0 Å². The number of methoxy groups -OCH3 is 1. The molecular formula is C16H34N2O2. The molecular weight excluding hydrogens is 252 g/mol. The number of hydrogen-bond acceptors (Lipinski definition) is 3. The second-order valence-electron chi connectivity index (χ2n) is 6.29. The predicted octanol–water partition coefficient (Wildman–Crippen LogP) is 2.58. The quantitative estimate of drug-likeness (QED) is 0.542. The maximum atomic E-state index is 11.8. The highest BCUT2D eigenvalue weighted by Gasteiger charge is 2.25.